The van der Waals surface area contributed by atoms with Crippen molar-refractivity contribution in [1.29, 1.82) is 0 Å². The Balaban J connectivity index is 1.81. The number of rotatable bonds is 7. The third-order valence-electron chi connectivity index (χ3n) is 7.11. The van der Waals surface area contributed by atoms with E-state index in [1.54, 1.807) is 38.4 Å². The Morgan fingerprint density at radius 1 is 0.861 bits per heavy atom. The van der Waals surface area contributed by atoms with Crippen molar-refractivity contribution in [3.05, 3.63) is 42.0 Å². The Morgan fingerprint density at radius 2 is 1.47 bits per heavy atom. The second-order valence-electron chi connectivity index (χ2n) is 9.14. The molecular formula is C27H35N3O6. The number of hydrogen-bond acceptors (Lipinski definition) is 7. The Bertz CT molecular complexity index is 1060. The number of anilines is 1. The van der Waals surface area contributed by atoms with Gasteiger partial charge in [0.15, 0.2) is 11.5 Å². The van der Waals surface area contributed by atoms with Gasteiger partial charge in [0.2, 0.25) is 17.6 Å². The first kappa shape index (κ1) is 25.6. The molecule has 9 heteroatoms. The number of ether oxygens (including phenoxy) is 4. The molecule has 2 fully saturated rings. The molecule has 2 aliphatic rings. The first-order valence-electron chi connectivity index (χ1n) is 12.1. The highest BCUT2D eigenvalue weighted by atomic mass is 16.5. The average molecular weight is 498 g/mol. The molecule has 194 valence electrons. The van der Waals surface area contributed by atoms with Crippen LogP contribution in [-0.2, 0) is 9.59 Å². The SMILES string of the molecule is COc1ccc([C@@H]2[C@@H](C(=O)N3CCN(C)CC3)CCC(=O)N2c2cc(OC)c(OC)c(OC)c2)cc1. The first-order chi connectivity index (χ1) is 17.4. The van der Waals surface area contributed by atoms with Gasteiger partial charge in [-0.1, -0.05) is 12.1 Å². The fraction of sp³-hybridized carbons (Fsp3) is 0.481. The van der Waals surface area contributed by atoms with Gasteiger partial charge in [0.25, 0.3) is 0 Å². The highest BCUT2D eigenvalue weighted by Crippen LogP contribution is 2.46. The third kappa shape index (κ3) is 4.93. The van der Waals surface area contributed by atoms with Crippen molar-refractivity contribution in [2.24, 2.45) is 5.92 Å². The highest BCUT2D eigenvalue weighted by Gasteiger charge is 2.43. The normalized spacial score (nSPS) is 20.8. The van der Waals surface area contributed by atoms with Crippen molar-refractivity contribution in [3.8, 4) is 23.0 Å². The maximum atomic E-state index is 13.9. The number of amides is 2. The average Bonchev–Trinajstić information content (AvgIpc) is 2.92. The summed E-state index contributed by atoms with van der Waals surface area (Å²) >= 11 is 0. The number of carbonyl (C=O) groups excluding carboxylic acids is 2. The number of hydrogen-bond donors (Lipinski definition) is 0. The second kappa shape index (κ2) is 11.1. The fourth-order valence-electron chi connectivity index (χ4n) is 5.11. The predicted octanol–water partition coefficient (Wildman–Crippen LogP) is 2.98. The summed E-state index contributed by atoms with van der Waals surface area (Å²) < 4.78 is 21.9. The minimum absolute atomic E-state index is 0.0625. The first-order valence-corrected chi connectivity index (χ1v) is 12.1. The topological polar surface area (TPSA) is 80.8 Å². The third-order valence-corrected chi connectivity index (χ3v) is 7.11. The largest absolute Gasteiger partial charge is 0.497 e. The van der Waals surface area contributed by atoms with Gasteiger partial charge in [0.1, 0.15) is 5.75 Å². The molecule has 0 spiro atoms. The lowest BCUT2D eigenvalue weighted by Crippen LogP contribution is -2.53. The standard InChI is InChI=1S/C27H35N3O6/c1-28-12-14-29(15-13-28)27(32)21-10-11-24(31)30(25(21)18-6-8-20(33-2)9-7-18)19-16-22(34-3)26(36-5)23(17-19)35-4/h6-9,16-17,21,25H,10-15H2,1-5H3/t21-,25+/m0/s1. The van der Waals surface area contributed by atoms with E-state index in [2.05, 4.69) is 11.9 Å². The molecular weight excluding hydrogens is 462 g/mol. The van der Waals surface area contributed by atoms with Gasteiger partial charge in [0.05, 0.1) is 46.1 Å². The maximum Gasteiger partial charge on any atom is 0.228 e. The van der Waals surface area contributed by atoms with Gasteiger partial charge in [-0.15, -0.1) is 0 Å². The number of nitrogens with zero attached hydrogens (tertiary/aromatic N) is 3. The van der Waals surface area contributed by atoms with Gasteiger partial charge in [0, 0.05) is 44.7 Å². The van der Waals surface area contributed by atoms with Crippen LogP contribution < -0.4 is 23.8 Å². The summed E-state index contributed by atoms with van der Waals surface area (Å²) in [5.41, 5.74) is 1.45. The van der Waals surface area contributed by atoms with E-state index in [1.165, 1.54) is 7.11 Å². The summed E-state index contributed by atoms with van der Waals surface area (Å²) in [6, 6.07) is 10.6. The minimum atomic E-state index is -0.493. The quantitative estimate of drug-likeness (QED) is 0.582. The smallest absolute Gasteiger partial charge is 0.228 e. The summed E-state index contributed by atoms with van der Waals surface area (Å²) in [6.45, 7) is 3.03. The van der Waals surface area contributed by atoms with Crippen molar-refractivity contribution >= 4 is 17.5 Å². The van der Waals surface area contributed by atoms with Crippen molar-refractivity contribution in [3.63, 3.8) is 0 Å². The van der Waals surface area contributed by atoms with Gasteiger partial charge in [-0.05, 0) is 31.2 Å². The van der Waals surface area contributed by atoms with Crippen LogP contribution in [-0.4, -0.2) is 83.3 Å². The molecule has 0 saturated carbocycles. The van der Waals surface area contributed by atoms with Crippen molar-refractivity contribution in [2.45, 2.75) is 18.9 Å². The van der Waals surface area contributed by atoms with Gasteiger partial charge in [-0.3, -0.25) is 9.59 Å². The van der Waals surface area contributed by atoms with Gasteiger partial charge < -0.3 is 33.6 Å². The van der Waals surface area contributed by atoms with E-state index in [1.807, 2.05) is 29.2 Å². The number of likely N-dealkylation sites (N-methyl/N-ethyl adjacent to an activating group) is 1. The summed E-state index contributed by atoms with van der Waals surface area (Å²) in [6.07, 6.45) is 0.759. The predicted molar refractivity (Wildman–Crippen MR) is 136 cm³/mol. The van der Waals surface area contributed by atoms with E-state index in [4.69, 9.17) is 18.9 Å². The zero-order chi connectivity index (χ0) is 25.8. The zero-order valence-electron chi connectivity index (χ0n) is 21.7. The van der Waals surface area contributed by atoms with Crippen molar-refractivity contribution in [2.75, 3.05) is 66.6 Å². The maximum absolute atomic E-state index is 13.9. The monoisotopic (exact) mass is 497 g/mol. The van der Waals surface area contributed by atoms with Crippen molar-refractivity contribution < 1.29 is 28.5 Å². The van der Waals surface area contributed by atoms with E-state index in [9.17, 15) is 9.59 Å². The Labute approximate surface area is 212 Å². The van der Waals surface area contributed by atoms with Crippen LogP contribution in [0.5, 0.6) is 23.0 Å². The van der Waals surface area contributed by atoms with E-state index in [0.717, 1.165) is 18.7 Å². The molecule has 2 amide bonds. The Hall–Kier alpha value is -3.46. The molecule has 2 aromatic rings. The van der Waals surface area contributed by atoms with E-state index in [0.29, 0.717) is 48.2 Å². The lowest BCUT2D eigenvalue weighted by Gasteiger charge is -2.43. The molecule has 2 saturated heterocycles. The lowest BCUT2D eigenvalue weighted by atomic mass is 9.82. The van der Waals surface area contributed by atoms with Gasteiger partial charge >= 0.3 is 0 Å². The zero-order valence-corrected chi connectivity index (χ0v) is 21.7. The number of methoxy groups -OCH3 is 4. The molecule has 2 aromatic carbocycles. The number of piperidine rings is 1. The van der Waals surface area contributed by atoms with Gasteiger partial charge in [-0.25, -0.2) is 0 Å². The summed E-state index contributed by atoms with van der Waals surface area (Å²) in [7, 11) is 8.30. The van der Waals surface area contributed by atoms with E-state index >= 15 is 0 Å². The molecule has 0 aliphatic carbocycles. The van der Waals surface area contributed by atoms with Crippen LogP contribution in [0.4, 0.5) is 5.69 Å². The minimum Gasteiger partial charge on any atom is -0.497 e. The van der Waals surface area contributed by atoms with Crippen molar-refractivity contribution in [1.82, 2.24) is 9.80 Å². The molecule has 9 nitrogen and oxygen atoms in total. The number of carbonyl (C=O) groups is 2. The lowest BCUT2D eigenvalue weighted by molar-refractivity contribution is -0.139. The second-order valence-corrected chi connectivity index (χ2v) is 9.14. The van der Waals surface area contributed by atoms with Crippen LogP contribution in [0.25, 0.3) is 0 Å². The van der Waals surface area contributed by atoms with Gasteiger partial charge in [-0.2, -0.15) is 0 Å². The van der Waals surface area contributed by atoms with Crippen LogP contribution >= 0.6 is 0 Å². The molecule has 0 N–H and O–H groups in total. The summed E-state index contributed by atoms with van der Waals surface area (Å²) in [5.74, 6) is 1.67. The van der Waals surface area contributed by atoms with Crippen LogP contribution in [0.15, 0.2) is 36.4 Å². The molecule has 0 bridgehead atoms. The Morgan fingerprint density at radius 3 is 2.00 bits per heavy atom. The summed E-state index contributed by atoms with van der Waals surface area (Å²) in [5, 5.41) is 0. The fourth-order valence-corrected chi connectivity index (χ4v) is 5.11. The molecule has 4 rings (SSSR count). The van der Waals surface area contributed by atoms with Crippen LogP contribution in [0, 0.1) is 5.92 Å². The molecule has 2 atom stereocenters. The van der Waals surface area contributed by atoms with E-state index in [-0.39, 0.29) is 18.2 Å². The van der Waals surface area contributed by atoms with E-state index < -0.39 is 12.0 Å². The molecule has 2 aliphatic heterocycles. The molecule has 0 unspecified atom stereocenters. The molecule has 0 radical (unpaired) electrons. The number of benzene rings is 2. The molecule has 36 heavy (non-hydrogen) atoms. The summed E-state index contributed by atoms with van der Waals surface area (Å²) in [4.78, 5) is 33.2. The Kier molecular flexibility index (Phi) is 7.88. The molecule has 2 heterocycles. The van der Waals surface area contributed by atoms with Crippen LogP contribution in [0.2, 0.25) is 0 Å². The van der Waals surface area contributed by atoms with Crippen LogP contribution in [0.3, 0.4) is 0 Å². The van der Waals surface area contributed by atoms with Crippen LogP contribution in [0.1, 0.15) is 24.4 Å². The molecule has 0 aromatic heterocycles. The highest BCUT2D eigenvalue weighted by molar-refractivity contribution is 5.98. The number of piperazine rings is 1.